The lowest BCUT2D eigenvalue weighted by Gasteiger charge is -2.37. The average molecular weight is 358 g/mol. The number of methoxy groups -OCH3 is 1. The van der Waals surface area contributed by atoms with E-state index in [4.69, 9.17) is 9.47 Å². The first-order valence-electron chi connectivity index (χ1n) is 9.88. The number of ether oxygens (including phenoxy) is 2. The lowest BCUT2D eigenvalue weighted by atomic mass is 9.98. The maximum Gasteiger partial charge on any atom is 0.119 e. The first kappa shape index (κ1) is 17.8. The minimum atomic E-state index is 0.663. The number of likely N-dealkylation sites (tertiary alicyclic amines) is 1. The number of benzene rings is 1. The number of fused-ring (bicyclic) bond motifs is 1. The van der Waals surface area contributed by atoms with E-state index >= 15 is 0 Å². The second-order valence-electron chi connectivity index (χ2n) is 7.45. The van der Waals surface area contributed by atoms with Gasteiger partial charge in [0.25, 0.3) is 0 Å². The lowest BCUT2D eigenvalue weighted by molar-refractivity contribution is 0.0301. The number of nitrogens with zero attached hydrogens (tertiary/aromatic N) is 3. The highest BCUT2D eigenvalue weighted by Crippen LogP contribution is 2.26. The highest BCUT2D eigenvalue weighted by Gasteiger charge is 2.24. The molecule has 1 atom stereocenters. The van der Waals surface area contributed by atoms with Crippen molar-refractivity contribution >= 4 is 10.9 Å². The SMILES string of the molecule is COc1ccc2n[nH]c(CN3CCCC[C@H]3CCN3CCOCC3)c2c1. The van der Waals surface area contributed by atoms with Gasteiger partial charge in [-0.3, -0.25) is 14.9 Å². The highest BCUT2D eigenvalue weighted by atomic mass is 16.5. The molecule has 6 nitrogen and oxygen atoms in total. The van der Waals surface area contributed by atoms with Gasteiger partial charge in [0.05, 0.1) is 31.5 Å². The molecule has 0 unspecified atom stereocenters. The van der Waals surface area contributed by atoms with Crippen molar-refractivity contribution in [2.24, 2.45) is 0 Å². The molecule has 3 heterocycles. The van der Waals surface area contributed by atoms with Crippen LogP contribution in [-0.2, 0) is 11.3 Å². The van der Waals surface area contributed by atoms with Gasteiger partial charge in [-0.25, -0.2) is 0 Å². The molecule has 4 rings (SSSR count). The van der Waals surface area contributed by atoms with E-state index in [2.05, 4.69) is 26.1 Å². The van der Waals surface area contributed by atoms with Gasteiger partial charge < -0.3 is 9.47 Å². The Bertz CT molecular complexity index is 711. The first-order valence-corrected chi connectivity index (χ1v) is 9.88. The lowest BCUT2D eigenvalue weighted by Crippen LogP contribution is -2.43. The third-order valence-corrected chi connectivity index (χ3v) is 5.83. The maximum atomic E-state index is 5.47. The van der Waals surface area contributed by atoms with E-state index in [1.165, 1.54) is 49.9 Å². The average Bonchev–Trinajstić information content (AvgIpc) is 3.10. The summed E-state index contributed by atoms with van der Waals surface area (Å²) in [5, 5.41) is 8.92. The fourth-order valence-corrected chi connectivity index (χ4v) is 4.24. The molecule has 2 aromatic rings. The largest absolute Gasteiger partial charge is 0.497 e. The second kappa shape index (κ2) is 8.37. The first-order chi connectivity index (χ1) is 12.8. The summed E-state index contributed by atoms with van der Waals surface area (Å²) >= 11 is 0. The molecule has 0 bridgehead atoms. The standard InChI is InChI=1S/C20H30N4O2/c1-25-17-5-6-19-18(14-17)20(22-21-19)15-24-8-3-2-4-16(24)7-9-23-10-12-26-13-11-23/h5-6,14,16H,2-4,7-13,15H2,1H3,(H,21,22)/t16-/m0/s1. The van der Waals surface area contributed by atoms with Crippen LogP contribution in [0.4, 0.5) is 0 Å². The molecule has 1 aromatic carbocycles. The Hall–Kier alpha value is -1.63. The number of rotatable bonds is 6. The second-order valence-corrected chi connectivity index (χ2v) is 7.45. The van der Waals surface area contributed by atoms with E-state index in [1.807, 2.05) is 12.1 Å². The van der Waals surface area contributed by atoms with E-state index in [9.17, 15) is 0 Å². The van der Waals surface area contributed by atoms with Crippen molar-refractivity contribution in [3.05, 3.63) is 23.9 Å². The van der Waals surface area contributed by atoms with Crippen LogP contribution in [0.1, 0.15) is 31.4 Å². The van der Waals surface area contributed by atoms with Gasteiger partial charge in [-0.2, -0.15) is 5.10 Å². The molecule has 0 amide bonds. The van der Waals surface area contributed by atoms with E-state index in [0.29, 0.717) is 6.04 Å². The van der Waals surface area contributed by atoms with Crippen LogP contribution in [0.2, 0.25) is 0 Å². The Kier molecular flexibility index (Phi) is 5.72. The summed E-state index contributed by atoms with van der Waals surface area (Å²) in [6, 6.07) is 6.76. The number of hydrogen-bond acceptors (Lipinski definition) is 5. The maximum absolute atomic E-state index is 5.47. The number of piperidine rings is 1. The smallest absolute Gasteiger partial charge is 0.119 e. The molecule has 1 aromatic heterocycles. The molecular weight excluding hydrogens is 328 g/mol. The van der Waals surface area contributed by atoms with E-state index in [-0.39, 0.29) is 0 Å². The monoisotopic (exact) mass is 358 g/mol. The Morgan fingerprint density at radius 3 is 2.96 bits per heavy atom. The zero-order valence-electron chi connectivity index (χ0n) is 15.7. The van der Waals surface area contributed by atoms with Crippen LogP contribution in [0.5, 0.6) is 5.75 Å². The predicted molar refractivity (Wildman–Crippen MR) is 103 cm³/mol. The minimum absolute atomic E-state index is 0.663. The van der Waals surface area contributed by atoms with Crippen molar-refractivity contribution in [2.75, 3.05) is 46.5 Å². The number of nitrogens with one attached hydrogen (secondary N) is 1. The number of H-pyrrole nitrogens is 1. The van der Waals surface area contributed by atoms with Crippen LogP contribution in [-0.4, -0.2) is 72.5 Å². The number of aromatic amines is 1. The zero-order valence-corrected chi connectivity index (χ0v) is 15.7. The summed E-state index contributed by atoms with van der Waals surface area (Å²) in [6.45, 7) is 7.24. The molecule has 2 aliphatic rings. The zero-order chi connectivity index (χ0) is 17.8. The highest BCUT2D eigenvalue weighted by molar-refractivity contribution is 5.82. The Balaban J connectivity index is 1.43. The fourth-order valence-electron chi connectivity index (χ4n) is 4.24. The fraction of sp³-hybridized carbons (Fsp3) is 0.650. The van der Waals surface area contributed by atoms with Crippen molar-refractivity contribution < 1.29 is 9.47 Å². The van der Waals surface area contributed by atoms with Crippen molar-refractivity contribution in [2.45, 2.75) is 38.3 Å². The summed E-state index contributed by atoms with van der Waals surface area (Å²) < 4.78 is 10.9. The van der Waals surface area contributed by atoms with Crippen molar-refractivity contribution in [3.63, 3.8) is 0 Å². The van der Waals surface area contributed by atoms with Crippen LogP contribution in [0.3, 0.4) is 0 Å². The van der Waals surface area contributed by atoms with Crippen molar-refractivity contribution in [3.8, 4) is 5.75 Å². The Labute approximate surface area is 155 Å². The van der Waals surface area contributed by atoms with Crippen LogP contribution in [0.25, 0.3) is 10.9 Å². The van der Waals surface area contributed by atoms with E-state index in [0.717, 1.165) is 44.1 Å². The van der Waals surface area contributed by atoms with Gasteiger partial charge in [-0.1, -0.05) is 6.42 Å². The molecule has 2 aliphatic heterocycles. The quantitative estimate of drug-likeness (QED) is 0.860. The molecule has 0 spiro atoms. The molecule has 0 aliphatic carbocycles. The molecule has 0 radical (unpaired) electrons. The number of hydrogen-bond donors (Lipinski definition) is 1. The summed E-state index contributed by atoms with van der Waals surface area (Å²) in [5.74, 6) is 0.891. The van der Waals surface area contributed by atoms with Crippen LogP contribution >= 0.6 is 0 Å². The molecule has 26 heavy (non-hydrogen) atoms. The molecule has 0 saturated carbocycles. The van der Waals surface area contributed by atoms with Crippen LogP contribution < -0.4 is 4.74 Å². The number of morpholine rings is 1. The van der Waals surface area contributed by atoms with Gasteiger partial charge in [0.1, 0.15) is 5.75 Å². The Morgan fingerprint density at radius 2 is 2.12 bits per heavy atom. The molecule has 1 N–H and O–H groups in total. The summed E-state index contributed by atoms with van der Waals surface area (Å²) in [7, 11) is 1.72. The van der Waals surface area contributed by atoms with Crippen molar-refractivity contribution in [1.82, 2.24) is 20.0 Å². The predicted octanol–water partition coefficient (Wildman–Crippen LogP) is 2.65. The van der Waals surface area contributed by atoms with Gasteiger partial charge in [-0.05, 0) is 50.6 Å². The third-order valence-electron chi connectivity index (χ3n) is 5.83. The summed E-state index contributed by atoms with van der Waals surface area (Å²) in [4.78, 5) is 5.20. The van der Waals surface area contributed by atoms with Gasteiger partial charge in [0, 0.05) is 31.1 Å². The Morgan fingerprint density at radius 1 is 1.23 bits per heavy atom. The van der Waals surface area contributed by atoms with Crippen molar-refractivity contribution in [1.29, 1.82) is 0 Å². The van der Waals surface area contributed by atoms with E-state index in [1.54, 1.807) is 7.11 Å². The van der Waals surface area contributed by atoms with Gasteiger partial charge >= 0.3 is 0 Å². The topological polar surface area (TPSA) is 53.6 Å². The molecule has 6 heteroatoms. The normalized spacial score (nSPS) is 22.7. The molecule has 142 valence electrons. The molecular formula is C20H30N4O2. The summed E-state index contributed by atoms with van der Waals surface area (Å²) in [5.41, 5.74) is 2.22. The number of aromatic nitrogens is 2. The van der Waals surface area contributed by atoms with Gasteiger partial charge in [0.2, 0.25) is 0 Å². The molecule has 2 fully saturated rings. The van der Waals surface area contributed by atoms with Crippen LogP contribution in [0, 0.1) is 0 Å². The van der Waals surface area contributed by atoms with Gasteiger partial charge in [0.15, 0.2) is 0 Å². The third kappa shape index (κ3) is 4.03. The summed E-state index contributed by atoms with van der Waals surface area (Å²) in [6.07, 6.45) is 5.19. The van der Waals surface area contributed by atoms with Crippen LogP contribution in [0.15, 0.2) is 18.2 Å². The minimum Gasteiger partial charge on any atom is -0.497 e. The van der Waals surface area contributed by atoms with Gasteiger partial charge in [-0.15, -0.1) is 0 Å². The van der Waals surface area contributed by atoms with E-state index < -0.39 is 0 Å². The molecule has 2 saturated heterocycles.